The zero-order chi connectivity index (χ0) is 75.2. The minimum absolute atomic E-state index is 0.000179. The van der Waals surface area contributed by atoms with Gasteiger partial charge in [0.2, 0.25) is 35.4 Å². The average molecular weight is 1440 g/mol. The van der Waals surface area contributed by atoms with Crippen molar-refractivity contribution in [2.75, 3.05) is 41.8 Å². The first-order chi connectivity index (χ1) is 48.1. The molecule has 9 rings (SSSR count). The molecule has 102 heavy (non-hydrogen) atoms. The number of anilines is 3. The summed E-state index contributed by atoms with van der Waals surface area (Å²) in [6, 6.07) is 10.2. The molecule has 554 valence electrons. The molecule has 6 heterocycles. The van der Waals surface area contributed by atoms with Crippen LogP contribution in [0.4, 0.5) is 35.3 Å². The fourth-order valence-corrected chi connectivity index (χ4v) is 11.5. The Bertz CT molecular complexity index is 3420. The predicted molar refractivity (Wildman–Crippen MR) is 375 cm³/mol. The van der Waals surface area contributed by atoms with E-state index >= 15 is 0 Å². The summed E-state index contributed by atoms with van der Waals surface area (Å²) in [6.45, 7) is 17.1. The summed E-state index contributed by atoms with van der Waals surface area (Å²) in [5, 5.41) is 52.3. The highest BCUT2D eigenvalue weighted by Crippen LogP contribution is 2.39. The number of rotatable bonds is 24. The summed E-state index contributed by atoms with van der Waals surface area (Å²) < 4.78 is 29.7. The molecule has 3 saturated heterocycles. The first-order valence-electron chi connectivity index (χ1n) is 34.3. The van der Waals surface area contributed by atoms with E-state index < -0.39 is 106 Å². The molecule has 3 saturated carbocycles. The van der Waals surface area contributed by atoms with Crippen LogP contribution >= 0.6 is 12.1 Å². The van der Waals surface area contributed by atoms with Crippen molar-refractivity contribution in [2.45, 2.75) is 212 Å². The van der Waals surface area contributed by atoms with Crippen LogP contribution in [0.5, 0.6) is 0 Å². The van der Waals surface area contributed by atoms with Gasteiger partial charge in [-0.2, -0.15) is 19.7 Å². The maximum absolute atomic E-state index is 13.2. The molecule has 0 bridgehead atoms. The first kappa shape index (κ1) is 81.2. The molecule has 0 aromatic carbocycles. The van der Waals surface area contributed by atoms with E-state index in [2.05, 4.69) is 66.1 Å². The second-order valence-electron chi connectivity index (χ2n) is 29.1. The van der Waals surface area contributed by atoms with Crippen molar-refractivity contribution in [1.29, 1.82) is 15.8 Å². The first-order valence-corrected chi connectivity index (χ1v) is 35.5. The van der Waals surface area contributed by atoms with Crippen LogP contribution in [0, 0.1) is 69.5 Å². The summed E-state index contributed by atoms with van der Waals surface area (Å²) in [7, 11) is 0. The minimum Gasteiger partial charge on any atom is -0.444 e. The number of carbonyl (C=O) groups excluding carboxylic acids is 9. The Balaban J connectivity index is 0.000000236. The molecule has 3 aliphatic carbocycles. The fraction of sp³-hybridized carbons (Fsp3) is 0.614. The number of pyridine rings is 3. The number of hydrogen-bond acceptors (Lipinski definition) is 19. The molecule has 3 aromatic heterocycles. The molecule has 0 spiro atoms. The summed E-state index contributed by atoms with van der Waals surface area (Å²) in [5.74, 6) is -1.72. The van der Waals surface area contributed by atoms with Crippen molar-refractivity contribution in [3.8, 4) is 18.2 Å². The molecule has 9 N–H and O–H groups in total. The Hall–Kier alpha value is -9.77. The number of carbonyl (C=O) groups is 9. The van der Waals surface area contributed by atoms with E-state index in [-0.39, 0.29) is 83.9 Å². The largest absolute Gasteiger partial charge is 0.444 e. The van der Waals surface area contributed by atoms with Crippen molar-refractivity contribution >= 4 is 82.9 Å². The number of amides is 9. The van der Waals surface area contributed by atoms with E-state index in [1.54, 1.807) is 80.5 Å². The molecule has 1 unspecified atom stereocenters. The number of aromatic nitrogens is 3. The molecule has 32 heteroatoms. The van der Waals surface area contributed by atoms with Crippen LogP contribution in [0.2, 0.25) is 0 Å². The second-order valence-corrected chi connectivity index (χ2v) is 29.4. The Morgan fingerprint density at radius 2 is 0.696 bits per heavy atom. The van der Waals surface area contributed by atoms with Crippen LogP contribution in [-0.4, -0.2) is 128 Å². The van der Waals surface area contributed by atoms with E-state index in [1.807, 2.05) is 0 Å². The molecule has 3 aromatic rings. The molecule has 6 aliphatic rings. The van der Waals surface area contributed by atoms with Gasteiger partial charge in [-0.1, -0.05) is 38.5 Å². The Kier molecular flexibility index (Phi) is 29.6. The normalized spacial score (nSPS) is 19.3. The molecular formula is C70H96FN15O15S. The lowest BCUT2D eigenvalue weighted by Crippen LogP contribution is -2.43. The molecule has 30 nitrogen and oxygen atoms in total. The topological polar surface area (TPSA) is 427 Å². The SMILES string of the molecule is CC(C)(C)OC(=O)Nc1cccn(C(CC2CC2)C(=O)N[C@H](C#N)C[C@@H]2CCNC2=O)c1=O.CC(C)(C)OC(=O)Nc1cccn([C@@H](CC2CC2)C(=O)N[C@H](C#N)C[C@@H]2CCNC2=O)c1=O.CC(C)(C)OC(=O)Nc1cccn([C@H](CC2CC2)C(=O)N[C@H](C#N)C[C@@H]2CCNC2=O)c1=O.CSF. The van der Waals surface area contributed by atoms with Gasteiger partial charge < -0.3 is 59.8 Å². The highest BCUT2D eigenvalue weighted by Gasteiger charge is 2.38. The molecule has 9 amide bonds. The zero-order valence-corrected chi connectivity index (χ0v) is 60.3. The van der Waals surface area contributed by atoms with Gasteiger partial charge in [0.25, 0.3) is 16.7 Å². The fourth-order valence-electron chi connectivity index (χ4n) is 11.5. The quantitative estimate of drug-likeness (QED) is 0.0393. The number of nitriles is 3. The number of halogens is 1. The van der Waals surface area contributed by atoms with E-state index in [0.29, 0.717) is 75.9 Å². The second kappa shape index (κ2) is 37.2. The number of nitrogens with zero attached hydrogens (tertiary/aromatic N) is 6. The van der Waals surface area contributed by atoms with Gasteiger partial charge in [0.05, 0.1) is 18.2 Å². The number of nitrogens with one attached hydrogen (secondary N) is 9. The maximum Gasteiger partial charge on any atom is 0.412 e. The zero-order valence-electron chi connectivity index (χ0n) is 59.4. The molecule has 0 radical (unpaired) electrons. The van der Waals surface area contributed by atoms with E-state index in [0.717, 1.165) is 38.5 Å². The minimum atomic E-state index is -0.841. The highest BCUT2D eigenvalue weighted by molar-refractivity contribution is 7.93. The van der Waals surface area contributed by atoms with Crippen molar-refractivity contribution in [2.24, 2.45) is 35.5 Å². The summed E-state index contributed by atoms with van der Waals surface area (Å²) in [6.07, 6.45) is 13.3. The lowest BCUT2D eigenvalue weighted by Gasteiger charge is -2.23. The smallest absolute Gasteiger partial charge is 0.412 e. The van der Waals surface area contributed by atoms with Crippen LogP contribution in [-0.2, 0) is 43.0 Å². The van der Waals surface area contributed by atoms with Gasteiger partial charge in [0.15, 0.2) is 0 Å². The maximum atomic E-state index is 13.2. The van der Waals surface area contributed by atoms with Crippen molar-refractivity contribution < 1.29 is 61.2 Å². The molecule has 9 atom stereocenters. The van der Waals surface area contributed by atoms with Gasteiger partial charge in [-0.3, -0.25) is 59.1 Å². The van der Waals surface area contributed by atoms with E-state index in [9.17, 15) is 77.2 Å². The van der Waals surface area contributed by atoms with Crippen LogP contribution < -0.4 is 64.5 Å². The van der Waals surface area contributed by atoms with Gasteiger partial charge in [-0.25, -0.2) is 14.4 Å². The standard InChI is InChI=1S/3C23H31N5O5.CH3FS/c3*1-23(2,3)33-22(32)27-17-5-4-10-28(21(17)31)18(11-14-6-7-14)20(30)26-16(13-24)12-15-8-9-25-19(15)29;1-3-2/h3*4-5,10,14-16,18H,6-9,11-12H2,1-3H3,(H,25,29)(H,26,30)(H,27,32);1H3/t15-,16-,18?;15-,16-,18+;15-,16-,18-;/m000./s1. The van der Waals surface area contributed by atoms with Gasteiger partial charge in [0, 0.05) is 74.4 Å². The Labute approximate surface area is 596 Å². The summed E-state index contributed by atoms with van der Waals surface area (Å²) >= 11 is 0.250. The Morgan fingerprint density at radius 3 is 0.882 bits per heavy atom. The van der Waals surface area contributed by atoms with Crippen molar-refractivity contribution in [1.82, 2.24) is 45.6 Å². The number of ether oxygens (including phenoxy) is 3. The molecule has 3 aliphatic heterocycles. The van der Waals surface area contributed by atoms with Gasteiger partial charge in [-0.05, 0) is 174 Å². The van der Waals surface area contributed by atoms with Gasteiger partial charge in [-0.15, -0.1) is 0 Å². The van der Waals surface area contributed by atoms with Crippen molar-refractivity contribution in [3.63, 3.8) is 0 Å². The number of hydrogen-bond donors (Lipinski definition) is 9. The third-order valence-corrected chi connectivity index (χ3v) is 17.0. The average Bonchev–Trinajstić information content (AvgIpc) is 1.24. The highest BCUT2D eigenvalue weighted by atomic mass is 32.2. The van der Waals surface area contributed by atoms with E-state index in [4.69, 9.17) is 14.2 Å². The van der Waals surface area contributed by atoms with Crippen molar-refractivity contribution in [3.05, 3.63) is 86.1 Å². The third kappa shape index (κ3) is 26.6. The predicted octanol–water partition coefficient (Wildman–Crippen LogP) is 7.45. The molecule has 6 fully saturated rings. The lowest BCUT2D eigenvalue weighted by molar-refractivity contribution is -0.126. The van der Waals surface area contributed by atoms with Gasteiger partial charge in [0.1, 0.15) is 70.1 Å². The van der Waals surface area contributed by atoms with Crippen LogP contribution in [0.25, 0.3) is 0 Å². The van der Waals surface area contributed by atoms with Crippen LogP contribution in [0.3, 0.4) is 0 Å². The molecular weight excluding hydrogens is 1340 g/mol. The van der Waals surface area contributed by atoms with E-state index in [1.165, 1.54) is 56.7 Å². The lowest BCUT2D eigenvalue weighted by atomic mass is 9.98. The monoisotopic (exact) mass is 1440 g/mol. The van der Waals surface area contributed by atoms with Gasteiger partial charge >= 0.3 is 18.3 Å². The summed E-state index contributed by atoms with van der Waals surface area (Å²) in [5.41, 5.74) is -3.79. The van der Waals surface area contributed by atoms with Crippen LogP contribution in [0.1, 0.15) is 177 Å². The summed E-state index contributed by atoms with van der Waals surface area (Å²) in [4.78, 5) is 151. The van der Waals surface area contributed by atoms with Crippen LogP contribution in [0.15, 0.2) is 69.4 Å². The third-order valence-electron chi connectivity index (χ3n) is 17.0. The Morgan fingerprint density at radius 1 is 0.461 bits per heavy atom.